The Kier molecular flexibility index (Phi) is 3.25. The zero-order valence-corrected chi connectivity index (χ0v) is 10.8. The van der Waals surface area contributed by atoms with Crippen LogP contribution in [0.2, 0.25) is 0 Å². The summed E-state index contributed by atoms with van der Waals surface area (Å²) < 4.78 is 1.17. The third-order valence-corrected chi connectivity index (χ3v) is 4.17. The molecule has 0 saturated carbocycles. The van der Waals surface area contributed by atoms with Gasteiger partial charge in [-0.2, -0.15) is 0 Å². The second-order valence-electron chi connectivity index (χ2n) is 4.44. The number of amides is 1. The van der Waals surface area contributed by atoms with E-state index in [1.165, 1.54) is 4.70 Å². The van der Waals surface area contributed by atoms with Crippen molar-refractivity contribution < 1.29 is 4.79 Å². The summed E-state index contributed by atoms with van der Waals surface area (Å²) in [5.74, 6) is 0.0896. The van der Waals surface area contributed by atoms with Gasteiger partial charge in [-0.15, -0.1) is 11.3 Å². The molecule has 1 fully saturated rings. The monoisotopic (exact) mass is 261 g/mol. The van der Waals surface area contributed by atoms with Crippen molar-refractivity contribution in [1.29, 1.82) is 0 Å². The van der Waals surface area contributed by atoms with Crippen molar-refractivity contribution in [1.82, 2.24) is 15.6 Å². The number of nitrogens with one attached hydrogen (secondary N) is 2. The molecule has 1 aliphatic rings. The third-order valence-electron chi connectivity index (χ3n) is 3.13. The number of carbonyl (C=O) groups excluding carboxylic acids is 1. The van der Waals surface area contributed by atoms with E-state index in [4.69, 9.17) is 0 Å². The Labute approximate surface area is 109 Å². The van der Waals surface area contributed by atoms with Gasteiger partial charge in [0.2, 0.25) is 5.91 Å². The lowest BCUT2D eigenvalue weighted by Gasteiger charge is -2.09. The Morgan fingerprint density at radius 2 is 2.39 bits per heavy atom. The van der Waals surface area contributed by atoms with Crippen molar-refractivity contribution in [3.63, 3.8) is 0 Å². The van der Waals surface area contributed by atoms with E-state index in [-0.39, 0.29) is 11.9 Å². The van der Waals surface area contributed by atoms with Gasteiger partial charge in [-0.25, -0.2) is 4.98 Å². The standard InChI is InChI=1S/C13H15N3OS/c17-13(10-5-3-7-14-10)15-8-12-16-9-4-1-2-6-11(9)18-12/h1-2,4,6,10,14H,3,5,7-8H2,(H,15,17). The molecule has 2 heterocycles. The van der Waals surface area contributed by atoms with Crippen LogP contribution in [0.3, 0.4) is 0 Å². The van der Waals surface area contributed by atoms with E-state index in [9.17, 15) is 4.79 Å². The van der Waals surface area contributed by atoms with Crippen LogP contribution >= 0.6 is 11.3 Å². The normalized spacial score (nSPS) is 19.2. The molecule has 4 nitrogen and oxygen atoms in total. The molecule has 0 bridgehead atoms. The number of rotatable bonds is 3. The Balaban J connectivity index is 1.63. The number of thiazole rings is 1. The molecule has 1 unspecified atom stereocenters. The lowest BCUT2D eigenvalue weighted by atomic mass is 10.2. The van der Waals surface area contributed by atoms with Crippen LogP contribution in [0.1, 0.15) is 17.8 Å². The van der Waals surface area contributed by atoms with E-state index in [1.54, 1.807) is 11.3 Å². The van der Waals surface area contributed by atoms with E-state index >= 15 is 0 Å². The van der Waals surface area contributed by atoms with Gasteiger partial charge >= 0.3 is 0 Å². The van der Waals surface area contributed by atoms with Gasteiger partial charge in [0.05, 0.1) is 22.8 Å². The number of para-hydroxylation sites is 1. The molecule has 1 atom stereocenters. The van der Waals surface area contributed by atoms with Gasteiger partial charge in [-0.1, -0.05) is 12.1 Å². The first-order valence-corrected chi connectivity index (χ1v) is 7.00. The number of carbonyl (C=O) groups is 1. The number of fused-ring (bicyclic) bond motifs is 1. The number of hydrogen-bond acceptors (Lipinski definition) is 4. The number of aromatic nitrogens is 1. The first kappa shape index (κ1) is 11.6. The lowest BCUT2D eigenvalue weighted by Crippen LogP contribution is -2.39. The SMILES string of the molecule is O=C(NCc1nc2ccccc2s1)C1CCCN1. The first-order chi connectivity index (χ1) is 8.83. The molecule has 2 aromatic rings. The van der Waals surface area contributed by atoms with Gasteiger partial charge in [0, 0.05) is 0 Å². The van der Waals surface area contributed by atoms with Gasteiger partial charge in [0.1, 0.15) is 5.01 Å². The van der Waals surface area contributed by atoms with Gasteiger partial charge < -0.3 is 10.6 Å². The average Bonchev–Trinajstić information content (AvgIpc) is 3.04. The summed E-state index contributed by atoms with van der Waals surface area (Å²) in [6.45, 7) is 1.47. The van der Waals surface area contributed by atoms with Crippen LogP contribution in [0.15, 0.2) is 24.3 Å². The quantitative estimate of drug-likeness (QED) is 0.883. The predicted molar refractivity (Wildman–Crippen MR) is 72.5 cm³/mol. The summed E-state index contributed by atoms with van der Waals surface area (Å²) in [5, 5.41) is 7.10. The van der Waals surface area contributed by atoms with Crippen LogP contribution in [0, 0.1) is 0 Å². The lowest BCUT2D eigenvalue weighted by molar-refractivity contribution is -0.122. The molecule has 0 spiro atoms. The topological polar surface area (TPSA) is 54.0 Å². The molecule has 1 saturated heterocycles. The minimum absolute atomic E-state index is 0.0145. The van der Waals surface area contributed by atoms with Crippen molar-refractivity contribution in [3.8, 4) is 0 Å². The Bertz CT molecular complexity index is 527. The van der Waals surface area contributed by atoms with Crippen molar-refractivity contribution in [2.75, 3.05) is 6.54 Å². The smallest absolute Gasteiger partial charge is 0.237 e. The fourth-order valence-electron chi connectivity index (χ4n) is 2.19. The highest BCUT2D eigenvalue weighted by atomic mass is 32.1. The van der Waals surface area contributed by atoms with Crippen molar-refractivity contribution >= 4 is 27.5 Å². The summed E-state index contributed by atoms with van der Waals surface area (Å²) in [5.41, 5.74) is 1.01. The van der Waals surface area contributed by atoms with Crippen LogP contribution in [0.4, 0.5) is 0 Å². The van der Waals surface area contributed by atoms with Crippen LogP contribution < -0.4 is 10.6 Å². The molecule has 18 heavy (non-hydrogen) atoms. The predicted octanol–water partition coefficient (Wildman–Crippen LogP) is 1.66. The van der Waals surface area contributed by atoms with Gasteiger partial charge in [-0.05, 0) is 31.5 Å². The van der Waals surface area contributed by atoms with Gasteiger partial charge in [0.15, 0.2) is 0 Å². The maximum absolute atomic E-state index is 11.8. The van der Waals surface area contributed by atoms with Crippen molar-refractivity contribution in [2.24, 2.45) is 0 Å². The summed E-state index contributed by atoms with van der Waals surface area (Å²) in [4.78, 5) is 16.3. The second-order valence-corrected chi connectivity index (χ2v) is 5.56. The zero-order chi connectivity index (χ0) is 12.4. The van der Waals surface area contributed by atoms with Gasteiger partial charge in [-0.3, -0.25) is 4.79 Å². The molecule has 0 aliphatic carbocycles. The summed E-state index contributed by atoms with van der Waals surface area (Å²) in [7, 11) is 0. The fraction of sp³-hybridized carbons (Fsp3) is 0.385. The molecule has 1 aromatic heterocycles. The summed E-state index contributed by atoms with van der Waals surface area (Å²) >= 11 is 1.64. The van der Waals surface area contributed by atoms with Crippen molar-refractivity contribution in [3.05, 3.63) is 29.3 Å². The van der Waals surface area contributed by atoms with E-state index in [0.717, 1.165) is 29.9 Å². The second kappa shape index (κ2) is 5.04. The Morgan fingerprint density at radius 3 is 3.17 bits per heavy atom. The maximum atomic E-state index is 11.8. The number of benzene rings is 1. The minimum Gasteiger partial charge on any atom is -0.348 e. The highest BCUT2D eigenvalue weighted by molar-refractivity contribution is 7.18. The number of nitrogens with zero attached hydrogens (tertiary/aromatic N) is 1. The van der Waals surface area contributed by atoms with Gasteiger partial charge in [0.25, 0.3) is 0 Å². The number of hydrogen-bond donors (Lipinski definition) is 2. The van der Waals surface area contributed by atoms with E-state index in [1.807, 2.05) is 18.2 Å². The highest BCUT2D eigenvalue weighted by Gasteiger charge is 2.21. The van der Waals surface area contributed by atoms with E-state index in [0.29, 0.717) is 6.54 Å². The van der Waals surface area contributed by atoms with Crippen LogP contribution in [-0.2, 0) is 11.3 Å². The van der Waals surface area contributed by atoms with Crippen LogP contribution in [-0.4, -0.2) is 23.5 Å². The zero-order valence-electron chi connectivity index (χ0n) is 9.98. The molecular formula is C13H15N3OS. The molecule has 1 aliphatic heterocycles. The molecule has 1 aromatic carbocycles. The van der Waals surface area contributed by atoms with Crippen LogP contribution in [0.25, 0.3) is 10.2 Å². The molecule has 2 N–H and O–H groups in total. The molecular weight excluding hydrogens is 246 g/mol. The Hall–Kier alpha value is -1.46. The molecule has 0 radical (unpaired) electrons. The summed E-state index contributed by atoms with van der Waals surface area (Å²) in [6.07, 6.45) is 2.02. The molecule has 3 rings (SSSR count). The van der Waals surface area contributed by atoms with Crippen molar-refractivity contribution in [2.45, 2.75) is 25.4 Å². The third kappa shape index (κ3) is 2.37. The molecule has 94 valence electrons. The van der Waals surface area contributed by atoms with Crippen LogP contribution in [0.5, 0.6) is 0 Å². The Morgan fingerprint density at radius 1 is 1.50 bits per heavy atom. The fourth-order valence-corrected chi connectivity index (χ4v) is 3.10. The summed E-state index contributed by atoms with van der Waals surface area (Å²) in [6, 6.07) is 8.02. The largest absolute Gasteiger partial charge is 0.348 e. The highest BCUT2D eigenvalue weighted by Crippen LogP contribution is 2.21. The molecule has 5 heteroatoms. The van der Waals surface area contributed by atoms with E-state index in [2.05, 4.69) is 21.7 Å². The maximum Gasteiger partial charge on any atom is 0.237 e. The first-order valence-electron chi connectivity index (χ1n) is 6.18. The minimum atomic E-state index is -0.0145. The average molecular weight is 261 g/mol. The van der Waals surface area contributed by atoms with E-state index < -0.39 is 0 Å². The molecule has 1 amide bonds.